The smallest absolute Gasteiger partial charge is 0.248 e. The van der Waals surface area contributed by atoms with Gasteiger partial charge in [0, 0.05) is 55.3 Å². The summed E-state index contributed by atoms with van der Waals surface area (Å²) in [7, 11) is 0. The van der Waals surface area contributed by atoms with E-state index >= 15 is 0 Å². The Kier molecular flexibility index (Phi) is 11.7. The molecule has 14 aromatic rings. The fourth-order valence-corrected chi connectivity index (χ4v) is 13.1. The molecule has 2 aliphatic rings. The van der Waals surface area contributed by atoms with Crippen LogP contribution in [0.25, 0.3) is 146 Å². The number of hydrogen-bond donors (Lipinski definition) is 0. The molecule has 3 aromatic heterocycles. The van der Waals surface area contributed by atoms with Crippen LogP contribution in [0.5, 0.6) is 0 Å². The molecule has 2 aliphatic carbocycles. The molecule has 11 aromatic carbocycles. The molecule has 0 saturated carbocycles. The molecule has 0 spiro atoms. The minimum absolute atomic E-state index is 0.188. The molecule has 0 atom stereocenters. The Bertz CT molecular complexity index is 4630. The average molecular weight is 1110 g/mol. The van der Waals surface area contributed by atoms with Crippen LogP contribution in [0.4, 0.5) is 0 Å². The average Bonchev–Trinajstić information content (AvgIpc) is 1.57. The molecule has 0 unspecified atom stereocenters. The Morgan fingerprint density at radius 3 is 0.860 bits per heavy atom. The highest BCUT2D eigenvalue weighted by molar-refractivity contribution is 6.04. The fraction of sp³-hybridized carbons (Fsp3) is 0.0769. The first-order valence-electron chi connectivity index (χ1n) is 29.2. The first-order chi connectivity index (χ1) is 42.1. The standard InChI is InChI=1S/C78H54N6O2/c1-77(2)65-21-13-11-19-61(65)63-41-39-57(45-67(63)77)59-43-44-60(58-40-42-64-62-20-12-14-22-66(62)78(3,4)68(64)46-58)72-71(59)79-69(51-31-23-47(24-32-51)49-27-35-55(36-28-49)75-83-81-73(85-75)53-15-7-5-8-16-53)70(80-72)52-33-25-48(26-34-52)50-29-37-56(38-30-50)76-84-82-74(86-76)54-17-9-6-10-18-54/h5-46H,1-4H3. The second kappa shape index (κ2) is 19.9. The third kappa shape index (κ3) is 8.43. The summed E-state index contributed by atoms with van der Waals surface area (Å²) in [6, 6.07) is 89.7. The van der Waals surface area contributed by atoms with Gasteiger partial charge < -0.3 is 8.83 Å². The molecule has 0 aliphatic heterocycles. The van der Waals surface area contributed by atoms with E-state index < -0.39 is 0 Å². The summed E-state index contributed by atoms with van der Waals surface area (Å²) >= 11 is 0. The molecule has 16 rings (SSSR count). The quantitative estimate of drug-likeness (QED) is 0.133. The topological polar surface area (TPSA) is 104 Å². The zero-order valence-corrected chi connectivity index (χ0v) is 47.7. The Hall–Kier alpha value is -11.0. The van der Waals surface area contributed by atoms with E-state index in [2.05, 4.69) is 218 Å². The van der Waals surface area contributed by atoms with E-state index in [9.17, 15) is 0 Å². The summed E-state index contributed by atoms with van der Waals surface area (Å²) in [6.07, 6.45) is 0. The van der Waals surface area contributed by atoms with Crippen molar-refractivity contribution in [1.29, 1.82) is 0 Å². The summed E-state index contributed by atoms with van der Waals surface area (Å²) in [5, 5.41) is 17.4. The molecule has 0 amide bonds. The largest absolute Gasteiger partial charge is 0.416 e. The van der Waals surface area contributed by atoms with Crippen molar-refractivity contribution >= 4 is 11.0 Å². The van der Waals surface area contributed by atoms with Crippen molar-refractivity contribution in [2.75, 3.05) is 0 Å². The van der Waals surface area contributed by atoms with Crippen LogP contribution in [0.1, 0.15) is 49.9 Å². The normalized spacial score (nSPS) is 13.3. The van der Waals surface area contributed by atoms with Crippen molar-refractivity contribution in [3.63, 3.8) is 0 Å². The molecule has 8 heteroatoms. The SMILES string of the molecule is CC1(C)c2ccccc2-c2ccc(-c3ccc(-c4ccc5c(c4)C(C)(C)c4ccccc4-5)c4nc(-c5ccc(-c6ccc(-c7nnc(-c8ccccc8)o7)cc6)cc5)c(-c5ccc(-c6ccc(-c7nnc(-c8ccccc8)o7)cc6)cc5)nc34)cc21. The Labute approximate surface area is 498 Å². The predicted octanol–water partition coefficient (Wildman–Crippen LogP) is 19.7. The zero-order chi connectivity index (χ0) is 57.7. The van der Waals surface area contributed by atoms with Gasteiger partial charge in [-0.2, -0.15) is 0 Å². The number of aromatic nitrogens is 6. The number of rotatable bonds is 10. The van der Waals surface area contributed by atoms with Crippen LogP contribution in [0.3, 0.4) is 0 Å². The maximum absolute atomic E-state index is 6.11. The van der Waals surface area contributed by atoms with E-state index in [1.54, 1.807) is 0 Å². The fourth-order valence-electron chi connectivity index (χ4n) is 13.1. The monoisotopic (exact) mass is 1110 g/mol. The van der Waals surface area contributed by atoms with E-state index in [0.29, 0.717) is 23.6 Å². The van der Waals surface area contributed by atoms with Crippen LogP contribution in [-0.2, 0) is 10.8 Å². The lowest BCUT2D eigenvalue weighted by Gasteiger charge is -2.23. The minimum atomic E-state index is -0.188. The van der Waals surface area contributed by atoms with Crippen LogP contribution in [0, 0.1) is 0 Å². The highest BCUT2D eigenvalue weighted by Gasteiger charge is 2.37. The van der Waals surface area contributed by atoms with Crippen molar-refractivity contribution in [1.82, 2.24) is 30.4 Å². The van der Waals surface area contributed by atoms with Crippen LogP contribution in [0.15, 0.2) is 264 Å². The van der Waals surface area contributed by atoms with Crippen molar-refractivity contribution in [3.8, 4) is 135 Å². The molecule has 408 valence electrons. The maximum Gasteiger partial charge on any atom is 0.248 e. The minimum Gasteiger partial charge on any atom is -0.416 e. The maximum atomic E-state index is 6.11. The Balaban J connectivity index is 0.831. The third-order valence-corrected chi connectivity index (χ3v) is 17.8. The van der Waals surface area contributed by atoms with Gasteiger partial charge in [0.2, 0.25) is 23.6 Å². The molecule has 8 nitrogen and oxygen atoms in total. The van der Waals surface area contributed by atoms with E-state index in [1.165, 1.54) is 44.5 Å². The first-order valence-corrected chi connectivity index (χ1v) is 29.2. The van der Waals surface area contributed by atoms with Gasteiger partial charge >= 0.3 is 0 Å². The summed E-state index contributed by atoms with van der Waals surface area (Å²) in [6.45, 7) is 9.36. The molecule has 0 fully saturated rings. The number of nitrogens with zero attached hydrogens (tertiary/aromatic N) is 6. The van der Waals surface area contributed by atoms with Gasteiger partial charge in [-0.25, -0.2) is 9.97 Å². The van der Waals surface area contributed by atoms with Gasteiger partial charge in [-0.1, -0.05) is 222 Å². The van der Waals surface area contributed by atoms with E-state index in [-0.39, 0.29) is 10.8 Å². The summed E-state index contributed by atoms with van der Waals surface area (Å²) in [5.74, 6) is 1.92. The van der Waals surface area contributed by atoms with E-state index in [4.69, 9.17) is 18.8 Å². The molecular formula is C78H54N6O2. The molecular weight excluding hydrogens is 1050 g/mol. The lowest BCUT2D eigenvalue weighted by atomic mass is 9.81. The highest BCUT2D eigenvalue weighted by atomic mass is 16.4. The molecule has 0 saturated heterocycles. The number of fused-ring (bicyclic) bond motifs is 7. The van der Waals surface area contributed by atoms with Crippen molar-refractivity contribution in [2.45, 2.75) is 38.5 Å². The number of hydrogen-bond acceptors (Lipinski definition) is 8. The molecule has 0 radical (unpaired) electrons. The van der Waals surface area contributed by atoms with Gasteiger partial charge in [0.05, 0.1) is 22.4 Å². The molecule has 3 heterocycles. The van der Waals surface area contributed by atoms with Gasteiger partial charge in [0.1, 0.15) is 0 Å². The van der Waals surface area contributed by atoms with Gasteiger partial charge in [0.25, 0.3) is 0 Å². The van der Waals surface area contributed by atoms with Crippen LogP contribution >= 0.6 is 0 Å². The lowest BCUT2D eigenvalue weighted by Crippen LogP contribution is -2.15. The van der Waals surface area contributed by atoms with Crippen LogP contribution < -0.4 is 0 Å². The summed E-state index contributed by atoms with van der Waals surface area (Å²) in [4.78, 5) is 11.8. The van der Waals surface area contributed by atoms with Crippen molar-refractivity contribution in [2.24, 2.45) is 0 Å². The molecule has 86 heavy (non-hydrogen) atoms. The summed E-state index contributed by atoms with van der Waals surface area (Å²) in [5.41, 5.74) is 27.1. The van der Waals surface area contributed by atoms with E-state index in [0.717, 1.165) is 100 Å². The number of benzene rings is 11. The Morgan fingerprint density at radius 2 is 0.500 bits per heavy atom. The van der Waals surface area contributed by atoms with E-state index in [1.807, 2.05) is 84.9 Å². The van der Waals surface area contributed by atoms with Crippen molar-refractivity contribution < 1.29 is 8.83 Å². The third-order valence-electron chi connectivity index (χ3n) is 17.8. The van der Waals surface area contributed by atoms with Gasteiger partial charge in [0.15, 0.2) is 0 Å². The molecule has 0 N–H and O–H groups in total. The van der Waals surface area contributed by atoms with Gasteiger partial charge in [-0.15, -0.1) is 20.4 Å². The van der Waals surface area contributed by atoms with Crippen molar-refractivity contribution in [3.05, 3.63) is 277 Å². The second-order valence-electron chi connectivity index (χ2n) is 23.5. The highest BCUT2D eigenvalue weighted by Crippen LogP contribution is 2.52. The van der Waals surface area contributed by atoms with Crippen LogP contribution in [-0.4, -0.2) is 30.4 Å². The lowest BCUT2D eigenvalue weighted by molar-refractivity contribution is 0.584. The second-order valence-corrected chi connectivity index (χ2v) is 23.5. The molecule has 0 bridgehead atoms. The predicted molar refractivity (Wildman–Crippen MR) is 345 cm³/mol. The zero-order valence-electron chi connectivity index (χ0n) is 47.7. The Morgan fingerprint density at radius 1 is 0.233 bits per heavy atom. The summed E-state index contributed by atoms with van der Waals surface area (Å²) < 4.78 is 12.2. The van der Waals surface area contributed by atoms with Gasteiger partial charge in [-0.3, -0.25) is 0 Å². The van der Waals surface area contributed by atoms with Crippen LogP contribution in [0.2, 0.25) is 0 Å². The first kappa shape index (κ1) is 50.7. The van der Waals surface area contributed by atoms with Gasteiger partial charge in [-0.05, 0) is 139 Å².